The largest absolute Gasteiger partial charge is 0.377 e. The minimum absolute atomic E-state index is 0. The Hall–Kier alpha value is -0.320. The van der Waals surface area contributed by atoms with Gasteiger partial charge >= 0.3 is 0 Å². The summed E-state index contributed by atoms with van der Waals surface area (Å²) in [6, 6.07) is 0.478. The van der Waals surface area contributed by atoms with Crippen molar-refractivity contribution in [3.8, 4) is 0 Å². The lowest BCUT2D eigenvalue weighted by molar-refractivity contribution is -0.146. The molecule has 1 saturated carbocycles. The van der Waals surface area contributed by atoms with Crippen molar-refractivity contribution in [3.63, 3.8) is 0 Å². The molecule has 0 aromatic heterocycles. The van der Waals surface area contributed by atoms with Crippen LogP contribution >= 0.6 is 12.4 Å². The van der Waals surface area contributed by atoms with E-state index in [9.17, 15) is 4.79 Å². The third kappa shape index (κ3) is 4.61. The second-order valence-electron chi connectivity index (χ2n) is 6.51. The first kappa shape index (κ1) is 17.7. The van der Waals surface area contributed by atoms with Crippen molar-refractivity contribution in [1.82, 2.24) is 4.90 Å². The molecule has 0 aromatic rings. The van der Waals surface area contributed by atoms with Crippen LogP contribution in [0.3, 0.4) is 0 Å². The Morgan fingerprint density at radius 3 is 2.80 bits per heavy atom. The topological polar surface area (TPSA) is 55.6 Å². The number of nitrogens with zero attached hydrogens (tertiary/aromatic N) is 1. The van der Waals surface area contributed by atoms with Crippen LogP contribution in [-0.4, -0.2) is 42.6 Å². The molecule has 2 aliphatic rings. The van der Waals surface area contributed by atoms with Crippen LogP contribution in [0.25, 0.3) is 0 Å². The first-order chi connectivity index (χ1) is 9.08. The molecule has 1 aliphatic carbocycles. The zero-order valence-corrected chi connectivity index (χ0v) is 13.5. The fourth-order valence-corrected chi connectivity index (χ4v) is 3.37. The average molecular weight is 305 g/mol. The molecule has 0 bridgehead atoms. The maximum atomic E-state index is 12.7. The highest BCUT2D eigenvalue weighted by molar-refractivity contribution is 5.85. The number of hydrogen-bond donors (Lipinski definition) is 1. The normalized spacial score (nSPS) is 31.0. The Labute approximate surface area is 128 Å². The fraction of sp³-hybridized carbons (Fsp3) is 0.933. The van der Waals surface area contributed by atoms with Crippen molar-refractivity contribution in [2.75, 3.05) is 19.8 Å². The van der Waals surface area contributed by atoms with Crippen LogP contribution in [-0.2, 0) is 9.53 Å². The van der Waals surface area contributed by atoms with E-state index in [0.717, 1.165) is 38.6 Å². The van der Waals surface area contributed by atoms with Crippen molar-refractivity contribution >= 4 is 18.3 Å². The van der Waals surface area contributed by atoms with Crippen LogP contribution in [0.15, 0.2) is 0 Å². The van der Waals surface area contributed by atoms with E-state index in [2.05, 4.69) is 18.7 Å². The number of halogens is 1. The molecule has 2 fully saturated rings. The van der Waals surface area contributed by atoms with E-state index in [1.54, 1.807) is 0 Å². The number of amides is 1. The molecule has 3 atom stereocenters. The first-order valence-electron chi connectivity index (χ1n) is 7.71. The monoisotopic (exact) mass is 304 g/mol. The van der Waals surface area contributed by atoms with Crippen LogP contribution in [0.5, 0.6) is 0 Å². The summed E-state index contributed by atoms with van der Waals surface area (Å²) in [5, 5.41) is 0. The predicted octanol–water partition coefficient (Wildman–Crippen LogP) is 2.20. The number of carbonyl (C=O) groups excluding carboxylic acids is 1. The van der Waals surface area contributed by atoms with Gasteiger partial charge in [-0.25, -0.2) is 0 Å². The van der Waals surface area contributed by atoms with Gasteiger partial charge in [-0.2, -0.15) is 0 Å². The lowest BCUT2D eigenvalue weighted by atomic mass is 9.84. The molecule has 20 heavy (non-hydrogen) atoms. The summed E-state index contributed by atoms with van der Waals surface area (Å²) in [4.78, 5) is 14.8. The molecule has 1 aliphatic heterocycles. The van der Waals surface area contributed by atoms with Crippen LogP contribution in [0, 0.1) is 11.8 Å². The van der Waals surface area contributed by atoms with Crippen molar-refractivity contribution in [2.24, 2.45) is 17.6 Å². The van der Waals surface area contributed by atoms with E-state index in [-0.39, 0.29) is 30.4 Å². The molecule has 118 valence electrons. The van der Waals surface area contributed by atoms with Gasteiger partial charge in [0, 0.05) is 18.5 Å². The van der Waals surface area contributed by atoms with Gasteiger partial charge in [0.2, 0.25) is 5.91 Å². The van der Waals surface area contributed by atoms with Crippen molar-refractivity contribution in [3.05, 3.63) is 0 Å². The Morgan fingerprint density at radius 2 is 2.15 bits per heavy atom. The van der Waals surface area contributed by atoms with Crippen molar-refractivity contribution in [1.29, 1.82) is 0 Å². The molecule has 3 unspecified atom stereocenters. The van der Waals surface area contributed by atoms with Crippen LogP contribution < -0.4 is 5.73 Å². The maximum absolute atomic E-state index is 12.7. The van der Waals surface area contributed by atoms with E-state index in [0.29, 0.717) is 25.0 Å². The fourth-order valence-electron chi connectivity index (χ4n) is 3.37. The van der Waals surface area contributed by atoms with Crippen molar-refractivity contribution in [2.45, 2.75) is 58.0 Å². The van der Waals surface area contributed by atoms with Gasteiger partial charge in [-0.05, 0) is 31.6 Å². The number of nitrogens with two attached hydrogens (primary N) is 1. The van der Waals surface area contributed by atoms with Crippen LogP contribution in [0.2, 0.25) is 0 Å². The summed E-state index contributed by atoms with van der Waals surface area (Å²) in [5.41, 5.74) is 6.01. The number of morpholine rings is 1. The van der Waals surface area contributed by atoms with E-state index in [1.165, 1.54) is 0 Å². The SMILES string of the molecule is CC(C)CC1COCCN1C(=O)C1CCCC(N)C1.Cl. The van der Waals surface area contributed by atoms with E-state index >= 15 is 0 Å². The van der Waals surface area contributed by atoms with E-state index in [1.807, 2.05) is 0 Å². The average Bonchev–Trinajstić information content (AvgIpc) is 2.38. The number of ether oxygens (including phenoxy) is 1. The van der Waals surface area contributed by atoms with Gasteiger partial charge in [0.05, 0.1) is 19.3 Å². The molecule has 2 rings (SSSR count). The molecular weight excluding hydrogens is 276 g/mol. The van der Waals surface area contributed by atoms with E-state index < -0.39 is 0 Å². The Morgan fingerprint density at radius 1 is 1.40 bits per heavy atom. The number of rotatable bonds is 3. The minimum atomic E-state index is 0. The smallest absolute Gasteiger partial charge is 0.226 e. The Kier molecular flexibility index (Phi) is 7.27. The third-order valence-electron chi connectivity index (χ3n) is 4.32. The van der Waals surface area contributed by atoms with Crippen LogP contribution in [0.1, 0.15) is 46.0 Å². The molecule has 2 N–H and O–H groups in total. The maximum Gasteiger partial charge on any atom is 0.226 e. The van der Waals surface area contributed by atoms with Gasteiger partial charge in [-0.15, -0.1) is 12.4 Å². The predicted molar refractivity (Wildman–Crippen MR) is 83.0 cm³/mol. The second kappa shape index (κ2) is 8.20. The van der Waals surface area contributed by atoms with Crippen molar-refractivity contribution < 1.29 is 9.53 Å². The molecule has 1 heterocycles. The standard InChI is InChI=1S/C15H28N2O2.ClH/c1-11(2)8-14-10-19-7-6-17(14)15(18)12-4-3-5-13(16)9-12;/h11-14H,3-10,16H2,1-2H3;1H. The third-order valence-corrected chi connectivity index (χ3v) is 4.32. The minimum Gasteiger partial charge on any atom is -0.377 e. The lowest BCUT2D eigenvalue weighted by Crippen LogP contribution is -2.52. The summed E-state index contributed by atoms with van der Waals surface area (Å²) in [5.74, 6) is 1.07. The molecule has 4 nitrogen and oxygen atoms in total. The summed E-state index contributed by atoms with van der Waals surface area (Å²) in [6.45, 7) is 6.53. The van der Waals surface area contributed by atoms with Gasteiger partial charge in [0.1, 0.15) is 0 Å². The summed E-state index contributed by atoms with van der Waals surface area (Å²) >= 11 is 0. The summed E-state index contributed by atoms with van der Waals surface area (Å²) < 4.78 is 5.55. The van der Waals surface area contributed by atoms with Gasteiger partial charge in [-0.1, -0.05) is 20.3 Å². The molecule has 1 saturated heterocycles. The first-order valence-corrected chi connectivity index (χ1v) is 7.71. The molecular formula is C15H29ClN2O2. The zero-order valence-electron chi connectivity index (χ0n) is 12.7. The lowest BCUT2D eigenvalue weighted by Gasteiger charge is -2.39. The van der Waals surface area contributed by atoms with Crippen LogP contribution in [0.4, 0.5) is 0 Å². The molecule has 0 radical (unpaired) electrons. The highest BCUT2D eigenvalue weighted by Crippen LogP contribution is 2.27. The van der Waals surface area contributed by atoms with Gasteiger partial charge in [0.15, 0.2) is 0 Å². The van der Waals surface area contributed by atoms with Gasteiger partial charge in [-0.3, -0.25) is 4.79 Å². The Bertz CT molecular complexity index is 312. The Balaban J connectivity index is 0.00000200. The quantitative estimate of drug-likeness (QED) is 0.869. The number of carbonyl (C=O) groups is 1. The highest BCUT2D eigenvalue weighted by Gasteiger charge is 2.34. The highest BCUT2D eigenvalue weighted by atomic mass is 35.5. The molecule has 0 aromatic carbocycles. The van der Waals surface area contributed by atoms with Gasteiger partial charge in [0.25, 0.3) is 0 Å². The molecule has 1 amide bonds. The summed E-state index contributed by atoms with van der Waals surface area (Å²) in [6.07, 6.45) is 5.08. The van der Waals surface area contributed by atoms with E-state index in [4.69, 9.17) is 10.5 Å². The number of hydrogen-bond acceptors (Lipinski definition) is 3. The zero-order chi connectivity index (χ0) is 13.8. The molecule has 0 spiro atoms. The van der Waals surface area contributed by atoms with Gasteiger partial charge < -0.3 is 15.4 Å². The molecule has 5 heteroatoms. The summed E-state index contributed by atoms with van der Waals surface area (Å²) in [7, 11) is 0. The second-order valence-corrected chi connectivity index (χ2v) is 6.51.